The van der Waals surface area contributed by atoms with Crippen LogP contribution in [0.4, 0.5) is 4.79 Å². The summed E-state index contributed by atoms with van der Waals surface area (Å²) in [5, 5.41) is 1.44. The number of methoxy groups -OCH3 is 1. The van der Waals surface area contributed by atoms with Crippen molar-refractivity contribution in [1.29, 1.82) is 0 Å². The fourth-order valence-electron chi connectivity index (χ4n) is 6.36. The van der Waals surface area contributed by atoms with Crippen LogP contribution in [0.1, 0.15) is 58.9 Å². The maximum atomic E-state index is 12.8. The van der Waals surface area contributed by atoms with Gasteiger partial charge in [0.05, 0.1) is 24.7 Å². The van der Waals surface area contributed by atoms with Gasteiger partial charge >= 0.3 is 6.09 Å². The van der Waals surface area contributed by atoms with Gasteiger partial charge in [-0.15, -0.1) is 0 Å². The van der Waals surface area contributed by atoms with Crippen molar-refractivity contribution in [3.63, 3.8) is 0 Å². The molecule has 4 heterocycles. The van der Waals surface area contributed by atoms with Crippen molar-refractivity contribution < 1.29 is 19.0 Å². The van der Waals surface area contributed by atoms with E-state index in [1.807, 2.05) is 37.9 Å². The lowest BCUT2D eigenvalue weighted by Crippen LogP contribution is -2.53. The molecule has 2 saturated heterocycles. The van der Waals surface area contributed by atoms with Crippen LogP contribution in [0.2, 0.25) is 0 Å². The summed E-state index contributed by atoms with van der Waals surface area (Å²) in [4.78, 5) is 36.4. The molecule has 0 radical (unpaired) electrons. The van der Waals surface area contributed by atoms with Crippen molar-refractivity contribution in [2.75, 3.05) is 53.0 Å². The van der Waals surface area contributed by atoms with Crippen molar-refractivity contribution >= 4 is 16.9 Å². The van der Waals surface area contributed by atoms with E-state index in [4.69, 9.17) is 14.2 Å². The third-order valence-electron chi connectivity index (χ3n) is 8.86. The van der Waals surface area contributed by atoms with Crippen LogP contribution in [0.15, 0.2) is 41.6 Å². The Labute approximate surface area is 266 Å². The van der Waals surface area contributed by atoms with Crippen LogP contribution in [0.5, 0.6) is 11.5 Å². The first-order valence-corrected chi connectivity index (χ1v) is 16.3. The number of nitrogens with zero attached hydrogens (tertiary/aromatic N) is 5. The van der Waals surface area contributed by atoms with Crippen LogP contribution >= 0.6 is 0 Å². The predicted molar refractivity (Wildman–Crippen MR) is 177 cm³/mol. The molecular formula is C35H49N5O5. The number of carbonyl (C=O) groups is 1. The monoisotopic (exact) mass is 619 g/mol. The number of fused-ring (bicyclic) bond motifs is 1. The molecule has 2 aliphatic rings. The Balaban J connectivity index is 1.30. The standard InChI is InChI=1S/C35H49N5O5/c1-7-8-19-44-32-21-25(29-23-37(5)33(41)28-22-36-12-9-27(28)29)20-31(43-6)30(32)24-38-15-17-39(18-16-38)26-10-13-40(14-11-26)34(42)45-35(2,3)4/h9,12,20-23,26H,7-8,10-11,13-19,24H2,1-6H3. The number of aromatic nitrogens is 2. The Kier molecular flexibility index (Phi) is 10.3. The number of piperidine rings is 1. The van der Waals surface area contributed by atoms with Gasteiger partial charge in [0.15, 0.2) is 0 Å². The number of unbranched alkanes of at least 4 members (excludes halogenated alkanes) is 1. The van der Waals surface area contributed by atoms with Crippen LogP contribution < -0.4 is 15.0 Å². The molecule has 1 aromatic carbocycles. The molecule has 0 unspecified atom stereocenters. The molecule has 0 N–H and O–H groups in total. The van der Waals surface area contributed by atoms with Gasteiger partial charge in [-0.2, -0.15) is 0 Å². The molecular weight excluding hydrogens is 570 g/mol. The van der Waals surface area contributed by atoms with Crippen LogP contribution in [0.25, 0.3) is 21.9 Å². The lowest BCUT2D eigenvalue weighted by Gasteiger charge is -2.43. The van der Waals surface area contributed by atoms with Gasteiger partial charge in [-0.25, -0.2) is 4.79 Å². The average molecular weight is 620 g/mol. The zero-order valence-corrected chi connectivity index (χ0v) is 27.8. The van der Waals surface area contributed by atoms with E-state index in [2.05, 4.69) is 33.8 Å². The summed E-state index contributed by atoms with van der Waals surface area (Å²) < 4.78 is 19.6. The Morgan fingerprint density at radius 2 is 1.73 bits per heavy atom. The summed E-state index contributed by atoms with van der Waals surface area (Å²) in [5.74, 6) is 1.61. The number of likely N-dealkylation sites (tertiary alicyclic amines) is 1. The molecule has 1 amide bonds. The van der Waals surface area contributed by atoms with Gasteiger partial charge in [0.25, 0.3) is 5.56 Å². The molecule has 0 spiro atoms. The molecule has 0 atom stereocenters. The first-order chi connectivity index (χ1) is 21.6. The zero-order chi connectivity index (χ0) is 32.1. The van der Waals surface area contributed by atoms with Crippen molar-refractivity contribution in [2.45, 2.75) is 71.6 Å². The Morgan fingerprint density at radius 3 is 2.40 bits per heavy atom. The molecule has 244 valence electrons. The van der Waals surface area contributed by atoms with Gasteiger partial charge < -0.3 is 23.7 Å². The maximum absolute atomic E-state index is 12.8. The quantitative estimate of drug-likeness (QED) is 0.298. The minimum Gasteiger partial charge on any atom is -0.496 e. The van der Waals surface area contributed by atoms with Crippen molar-refractivity contribution in [1.82, 2.24) is 24.3 Å². The largest absolute Gasteiger partial charge is 0.496 e. The summed E-state index contributed by atoms with van der Waals surface area (Å²) in [5.41, 5.74) is 2.38. The molecule has 0 bridgehead atoms. The molecule has 2 aromatic heterocycles. The van der Waals surface area contributed by atoms with Crippen LogP contribution in [-0.2, 0) is 18.3 Å². The molecule has 5 rings (SSSR count). The van der Waals surface area contributed by atoms with Gasteiger partial charge in [-0.3, -0.25) is 19.6 Å². The van der Waals surface area contributed by atoms with Crippen LogP contribution in [0.3, 0.4) is 0 Å². The first kappa shape index (κ1) is 32.8. The Hall–Kier alpha value is -3.63. The van der Waals surface area contributed by atoms with Gasteiger partial charge in [0.2, 0.25) is 0 Å². The van der Waals surface area contributed by atoms with Gasteiger partial charge in [-0.1, -0.05) is 13.3 Å². The van der Waals surface area contributed by atoms with E-state index >= 15 is 0 Å². The van der Waals surface area contributed by atoms with Crippen LogP contribution in [-0.4, -0.2) is 95.0 Å². The van der Waals surface area contributed by atoms with E-state index in [1.54, 1.807) is 31.1 Å². The highest BCUT2D eigenvalue weighted by molar-refractivity contribution is 5.95. The van der Waals surface area contributed by atoms with Crippen LogP contribution in [0, 0.1) is 0 Å². The highest BCUT2D eigenvalue weighted by Crippen LogP contribution is 2.38. The highest BCUT2D eigenvalue weighted by atomic mass is 16.6. The number of benzene rings is 1. The minimum atomic E-state index is -0.471. The van der Waals surface area contributed by atoms with E-state index in [9.17, 15) is 9.59 Å². The fraction of sp³-hybridized carbons (Fsp3) is 0.571. The molecule has 2 aliphatic heterocycles. The normalized spacial score (nSPS) is 17.1. The second-order valence-electron chi connectivity index (χ2n) is 13.2. The number of pyridine rings is 2. The summed E-state index contributed by atoms with van der Waals surface area (Å²) in [6.45, 7) is 14.6. The van der Waals surface area contributed by atoms with Crippen molar-refractivity contribution in [3.8, 4) is 22.6 Å². The summed E-state index contributed by atoms with van der Waals surface area (Å²) in [6.07, 6.45) is 8.99. The highest BCUT2D eigenvalue weighted by Gasteiger charge is 2.31. The third kappa shape index (κ3) is 7.79. The predicted octanol–water partition coefficient (Wildman–Crippen LogP) is 5.31. The molecule has 0 saturated carbocycles. The summed E-state index contributed by atoms with van der Waals surface area (Å²) in [7, 11) is 3.48. The second kappa shape index (κ2) is 14.2. The van der Waals surface area contributed by atoms with Crippen molar-refractivity contribution in [3.05, 3.63) is 52.7 Å². The third-order valence-corrected chi connectivity index (χ3v) is 8.86. The van der Waals surface area contributed by atoms with E-state index < -0.39 is 5.60 Å². The number of hydrogen-bond acceptors (Lipinski definition) is 8. The molecule has 45 heavy (non-hydrogen) atoms. The van der Waals surface area contributed by atoms with Gasteiger partial charge in [0, 0.05) is 83.1 Å². The smallest absolute Gasteiger partial charge is 0.410 e. The minimum absolute atomic E-state index is 0.0717. The number of hydrogen-bond donors (Lipinski definition) is 0. The zero-order valence-electron chi connectivity index (χ0n) is 27.8. The molecule has 10 nitrogen and oxygen atoms in total. The number of rotatable bonds is 9. The lowest BCUT2D eigenvalue weighted by molar-refractivity contribution is 0.00960. The summed E-state index contributed by atoms with van der Waals surface area (Å²) in [6, 6.07) is 6.54. The first-order valence-electron chi connectivity index (χ1n) is 16.3. The number of amides is 1. The fourth-order valence-corrected chi connectivity index (χ4v) is 6.36. The Morgan fingerprint density at radius 1 is 1.02 bits per heavy atom. The maximum Gasteiger partial charge on any atom is 0.410 e. The summed E-state index contributed by atoms with van der Waals surface area (Å²) >= 11 is 0. The van der Waals surface area contributed by atoms with Gasteiger partial charge in [0.1, 0.15) is 17.1 Å². The SMILES string of the molecule is CCCCOc1cc(-c2cn(C)c(=O)c3cnccc23)cc(OC)c1CN1CCN(C2CCN(C(=O)OC(C)(C)C)CC2)CC1. The van der Waals surface area contributed by atoms with E-state index in [0.717, 1.165) is 105 Å². The van der Waals surface area contributed by atoms with E-state index in [1.165, 1.54) is 0 Å². The number of carbonyl (C=O) groups excluding carboxylic acids is 1. The molecule has 2 fully saturated rings. The molecule has 10 heteroatoms. The van der Waals surface area contributed by atoms with Crippen molar-refractivity contribution in [2.24, 2.45) is 7.05 Å². The van der Waals surface area contributed by atoms with E-state index in [-0.39, 0.29) is 11.7 Å². The topological polar surface area (TPSA) is 89.4 Å². The Bertz CT molecular complexity index is 1530. The number of ether oxygens (including phenoxy) is 3. The number of piperazine rings is 1. The average Bonchev–Trinajstić information content (AvgIpc) is 3.03. The molecule has 3 aromatic rings. The van der Waals surface area contributed by atoms with Gasteiger partial charge in [-0.05, 0) is 69.2 Å². The second-order valence-corrected chi connectivity index (χ2v) is 13.2. The molecule has 0 aliphatic carbocycles. The lowest BCUT2D eigenvalue weighted by atomic mass is 9.98. The van der Waals surface area contributed by atoms with E-state index in [0.29, 0.717) is 18.0 Å². The number of aryl methyl sites for hydroxylation is 1.